The first kappa shape index (κ1) is 11.9. The maximum atomic E-state index is 11.0. The number of methoxy groups -OCH3 is 1. The Labute approximate surface area is 87.9 Å². The van der Waals surface area contributed by atoms with Gasteiger partial charge in [0.2, 0.25) is 0 Å². The summed E-state index contributed by atoms with van der Waals surface area (Å²) in [5.74, 6) is -0.186. The lowest BCUT2D eigenvalue weighted by molar-refractivity contribution is -0.132. The van der Waals surface area contributed by atoms with Gasteiger partial charge in [-0.05, 0) is 13.0 Å². The highest BCUT2D eigenvalue weighted by atomic mass is 16.7. The van der Waals surface area contributed by atoms with Crippen LogP contribution in [0.5, 0.6) is 0 Å². The minimum absolute atomic E-state index is 0.206. The summed E-state index contributed by atoms with van der Waals surface area (Å²) in [6, 6.07) is 0. The zero-order valence-corrected chi connectivity index (χ0v) is 8.73. The van der Waals surface area contributed by atoms with Crippen molar-refractivity contribution in [2.24, 2.45) is 0 Å². The van der Waals surface area contributed by atoms with Crippen molar-refractivity contribution < 1.29 is 24.1 Å². The first-order valence-electron chi connectivity index (χ1n) is 4.62. The highest BCUT2D eigenvalue weighted by molar-refractivity contribution is 5.88. The van der Waals surface area contributed by atoms with Gasteiger partial charge in [0.25, 0.3) is 0 Å². The largest absolute Gasteiger partial charge is 0.423 e. The Hall–Kier alpha value is -1.17. The molecule has 0 saturated heterocycles. The fraction of sp³-hybridized carbons (Fsp3) is 0.500. The first-order chi connectivity index (χ1) is 7.22. The number of rotatable bonds is 5. The molecule has 0 aromatic rings. The molecule has 0 fully saturated rings. The topological polar surface area (TPSA) is 65.0 Å². The van der Waals surface area contributed by atoms with Crippen LogP contribution in [0.1, 0.15) is 6.92 Å². The molecule has 84 valence electrons. The van der Waals surface area contributed by atoms with Crippen LogP contribution < -0.4 is 0 Å². The summed E-state index contributed by atoms with van der Waals surface area (Å²) in [6.07, 6.45) is 2.05. The van der Waals surface area contributed by atoms with E-state index in [9.17, 15) is 4.79 Å². The van der Waals surface area contributed by atoms with Crippen LogP contribution in [0.15, 0.2) is 23.5 Å². The number of esters is 1. The third kappa shape index (κ3) is 2.89. The van der Waals surface area contributed by atoms with Crippen LogP contribution in [-0.4, -0.2) is 37.7 Å². The molecule has 0 spiro atoms. The lowest BCUT2D eigenvalue weighted by atomic mass is 10.2. The normalized spacial score (nSPS) is 20.3. The average Bonchev–Trinajstić information content (AvgIpc) is 2.56. The van der Waals surface area contributed by atoms with Gasteiger partial charge >= 0.3 is 5.97 Å². The van der Waals surface area contributed by atoms with E-state index in [4.69, 9.17) is 19.3 Å². The molecule has 0 bridgehead atoms. The molecule has 1 aliphatic heterocycles. The summed E-state index contributed by atoms with van der Waals surface area (Å²) in [7, 11) is 1.47. The van der Waals surface area contributed by atoms with Gasteiger partial charge < -0.3 is 19.3 Å². The molecule has 1 aliphatic rings. The smallest absolute Gasteiger partial charge is 0.336 e. The Balaban J connectivity index is 2.84. The fourth-order valence-electron chi connectivity index (χ4n) is 1.26. The number of carbonyl (C=O) groups excluding carboxylic acids is 1. The maximum absolute atomic E-state index is 11.0. The minimum Gasteiger partial charge on any atom is -0.423 e. The van der Waals surface area contributed by atoms with Crippen LogP contribution in [0.3, 0.4) is 0 Å². The van der Waals surface area contributed by atoms with Crippen molar-refractivity contribution in [1.82, 2.24) is 0 Å². The fourth-order valence-corrected chi connectivity index (χ4v) is 1.26. The maximum Gasteiger partial charge on any atom is 0.336 e. The molecule has 0 aromatic carbocycles. The molecule has 1 heterocycles. The molecule has 5 nitrogen and oxygen atoms in total. The van der Waals surface area contributed by atoms with E-state index in [1.807, 2.05) is 6.92 Å². The van der Waals surface area contributed by atoms with Crippen molar-refractivity contribution in [2.75, 3.05) is 20.3 Å². The first-order valence-corrected chi connectivity index (χ1v) is 4.62. The van der Waals surface area contributed by atoms with Crippen molar-refractivity contribution in [3.8, 4) is 0 Å². The van der Waals surface area contributed by atoms with Gasteiger partial charge in [0.15, 0.2) is 6.29 Å². The third-order valence-corrected chi connectivity index (χ3v) is 1.83. The molecule has 1 N–H and O–H groups in total. The molecule has 0 aromatic heterocycles. The second-order valence-electron chi connectivity index (χ2n) is 2.79. The van der Waals surface area contributed by atoms with E-state index in [1.54, 1.807) is 0 Å². The third-order valence-electron chi connectivity index (χ3n) is 1.83. The Morgan fingerprint density at radius 2 is 2.40 bits per heavy atom. The van der Waals surface area contributed by atoms with E-state index in [-0.39, 0.29) is 6.61 Å². The van der Waals surface area contributed by atoms with Crippen LogP contribution in [0.2, 0.25) is 0 Å². The van der Waals surface area contributed by atoms with Crippen molar-refractivity contribution in [1.29, 1.82) is 0 Å². The molecule has 0 radical (unpaired) electrons. The molecule has 1 rings (SSSR count). The predicted molar refractivity (Wildman–Crippen MR) is 51.8 cm³/mol. The van der Waals surface area contributed by atoms with E-state index in [1.165, 1.54) is 19.3 Å². The van der Waals surface area contributed by atoms with Crippen molar-refractivity contribution in [2.45, 2.75) is 13.2 Å². The monoisotopic (exact) mass is 214 g/mol. The van der Waals surface area contributed by atoms with E-state index in [0.29, 0.717) is 17.9 Å². The standard InChI is InChI=1S/C10H14O5/c1-3-14-10(13-2)7-6-9(12)15-8(7)4-5-11/h4,6,10-11H,3,5H2,1-2H3. The van der Waals surface area contributed by atoms with Crippen LogP contribution in [0, 0.1) is 0 Å². The van der Waals surface area contributed by atoms with E-state index < -0.39 is 12.3 Å². The Morgan fingerprint density at radius 1 is 1.67 bits per heavy atom. The number of ether oxygens (including phenoxy) is 3. The molecule has 1 unspecified atom stereocenters. The van der Waals surface area contributed by atoms with Crippen molar-refractivity contribution in [3.05, 3.63) is 23.5 Å². The Kier molecular flexibility index (Phi) is 4.48. The van der Waals surface area contributed by atoms with Gasteiger partial charge in [-0.2, -0.15) is 0 Å². The number of carbonyl (C=O) groups is 1. The quantitative estimate of drug-likeness (QED) is 0.528. The molecular formula is C10H14O5. The minimum atomic E-state index is -0.640. The van der Waals surface area contributed by atoms with Gasteiger partial charge in [-0.1, -0.05) is 0 Å². The van der Waals surface area contributed by atoms with Crippen LogP contribution in [0.25, 0.3) is 0 Å². The molecular weight excluding hydrogens is 200 g/mol. The molecule has 5 heteroatoms. The summed E-state index contributed by atoms with van der Waals surface area (Å²) < 4.78 is 15.2. The van der Waals surface area contributed by atoms with Crippen molar-refractivity contribution >= 4 is 5.97 Å². The van der Waals surface area contributed by atoms with E-state index >= 15 is 0 Å². The zero-order valence-electron chi connectivity index (χ0n) is 8.73. The summed E-state index contributed by atoms with van der Waals surface area (Å²) >= 11 is 0. The molecule has 0 amide bonds. The summed E-state index contributed by atoms with van der Waals surface area (Å²) in [5.41, 5.74) is 0.499. The average molecular weight is 214 g/mol. The number of aliphatic hydroxyl groups excluding tert-OH is 1. The van der Waals surface area contributed by atoms with Gasteiger partial charge in [0.1, 0.15) is 5.76 Å². The highest BCUT2D eigenvalue weighted by Crippen LogP contribution is 2.24. The van der Waals surface area contributed by atoms with Crippen LogP contribution >= 0.6 is 0 Å². The predicted octanol–water partition coefficient (Wildman–Crippen LogP) is 0.355. The number of cyclic esters (lactones) is 1. The van der Waals surface area contributed by atoms with Crippen molar-refractivity contribution in [3.63, 3.8) is 0 Å². The summed E-state index contributed by atoms with van der Waals surface area (Å²) in [4.78, 5) is 11.0. The highest BCUT2D eigenvalue weighted by Gasteiger charge is 2.27. The number of hydrogen-bond acceptors (Lipinski definition) is 5. The van der Waals surface area contributed by atoms with Gasteiger partial charge in [0.05, 0.1) is 12.2 Å². The van der Waals surface area contributed by atoms with E-state index in [0.717, 1.165) is 0 Å². The lowest BCUT2D eigenvalue weighted by Crippen LogP contribution is -2.18. The summed E-state index contributed by atoms with van der Waals surface area (Å²) in [6.45, 7) is 2.07. The van der Waals surface area contributed by atoms with Crippen LogP contribution in [-0.2, 0) is 19.0 Å². The van der Waals surface area contributed by atoms with E-state index in [2.05, 4.69) is 0 Å². The van der Waals surface area contributed by atoms with Gasteiger partial charge in [-0.3, -0.25) is 0 Å². The number of hydrogen-bond donors (Lipinski definition) is 1. The lowest BCUT2D eigenvalue weighted by Gasteiger charge is -2.16. The Bertz CT molecular complexity index is 292. The zero-order chi connectivity index (χ0) is 11.3. The molecule has 0 aliphatic carbocycles. The summed E-state index contributed by atoms with van der Waals surface area (Å²) in [5, 5.41) is 8.74. The molecule has 15 heavy (non-hydrogen) atoms. The van der Waals surface area contributed by atoms with Crippen LogP contribution in [0.4, 0.5) is 0 Å². The molecule has 0 saturated carbocycles. The van der Waals surface area contributed by atoms with Gasteiger partial charge in [-0.15, -0.1) is 0 Å². The Morgan fingerprint density at radius 3 is 2.93 bits per heavy atom. The SMILES string of the molecule is CCOC(OC)C1=CC(=O)OC1=CCO. The second-order valence-corrected chi connectivity index (χ2v) is 2.79. The van der Waals surface area contributed by atoms with Gasteiger partial charge in [0, 0.05) is 19.8 Å². The van der Waals surface area contributed by atoms with Gasteiger partial charge in [-0.25, -0.2) is 4.79 Å². The number of aliphatic hydroxyl groups is 1. The second kappa shape index (κ2) is 5.65. The molecule has 1 atom stereocenters.